The Morgan fingerprint density at radius 1 is 1.21 bits per heavy atom. The number of rotatable bonds is 5. The minimum atomic E-state index is -0.489. The molecule has 1 amide bonds. The summed E-state index contributed by atoms with van der Waals surface area (Å²) in [7, 11) is 0. The van der Waals surface area contributed by atoms with Crippen LogP contribution in [0.1, 0.15) is 17.8 Å². The van der Waals surface area contributed by atoms with Crippen LogP contribution in [-0.4, -0.2) is 30.6 Å². The first-order chi connectivity index (χ1) is 16.0. The van der Waals surface area contributed by atoms with Crippen LogP contribution in [0.2, 0.25) is 0 Å². The summed E-state index contributed by atoms with van der Waals surface area (Å²) in [5.41, 5.74) is 2.38. The van der Waals surface area contributed by atoms with Gasteiger partial charge in [0.1, 0.15) is 6.04 Å². The highest BCUT2D eigenvalue weighted by Gasteiger charge is 2.35. The fourth-order valence-electron chi connectivity index (χ4n) is 3.64. The monoisotopic (exact) mass is 459 g/mol. The van der Waals surface area contributed by atoms with Gasteiger partial charge in [0, 0.05) is 34.5 Å². The molecule has 1 aliphatic rings. The topological polar surface area (TPSA) is 128 Å². The zero-order valence-corrected chi connectivity index (χ0v) is 18.1. The highest BCUT2D eigenvalue weighted by Crippen LogP contribution is 2.38. The van der Waals surface area contributed by atoms with Gasteiger partial charge in [-0.05, 0) is 42.6 Å². The largest absolute Gasteiger partial charge is 0.328 e. The van der Waals surface area contributed by atoms with Crippen molar-refractivity contribution in [3.8, 4) is 11.4 Å². The Morgan fingerprint density at radius 3 is 2.70 bits per heavy atom. The van der Waals surface area contributed by atoms with Crippen molar-refractivity contribution in [1.82, 2.24) is 19.7 Å². The fourth-order valence-corrected chi connectivity index (χ4v) is 4.46. The second-order valence-electron chi connectivity index (χ2n) is 7.29. The SMILES string of the molecule is CC1=C(C(=O)Nc2cccnc2)C(c2cccs2)n2nc(-c3ccc([N+](=O)[O-])cc3)nc2N1. The first-order valence-electron chi connectivity index (χ1n) is 9.95. The number of pyridine rings is 1. The van der Waals surface area contributed by atoms with E-state index in [4.69, 9.17) is 0 Å². The maximum Gasteiger partial charge on any atom is 0.269 e. The summed E-state index contributed by atoms with van der Waals surface area (Å²) in [6, 6.07) is 12.9. The third-order valence-corrected chi connectivity index (χ3v) is 6.09. The van der Waals surface area contributed by atoms with Crippen molar-refractivity contribution in [2.75, 3.05) is 10.6 Å². The number of thiophene rings is 1. The van der Waals surface area contributed by atoms with Crippen molar-refractivity contribution in [3.63, 3.8) is 0 Å². The maximum absolute atomic E-state index is 13.3. The standard InChI is InChI=1S/C22H17N7O3S/c1-13-18(21(30)25-15-4-2-10-23-12-15)19(17-5-3-11-33-17)28-22(24-13)26-20(27-28)14-6-8-16(9-7-14)29(31)32/h2-12,19H,1H3,(H,25,30)(H,24,26,27). The molecule has 0 saturated heterocycles. The van der Waals surface area contributed by atoms with Gasteiger partial charge < -0.3 is 10.6 Å². The molecule has 11 heteroatoms. The van der Waals surface area contributed by atoms with Crippen molar-refractivity contribution >= 4 is 34.6 Å². The Bertz CT molecular complexity index is 1360. The molecule has 1 unspecified atom stereocenters. The van der Waals surface area contributed by atoms with E-state index >= 15 is 0 Å². The van der Waals surface area contributed by atoms with Gasteiger partial charge in [-0.25, -0.2) is 4.68 Å². The van der Waals surface area contributed by atoms with Crippen LogP contribution >= 0.6 is 11.3 Å². The van der Waals surface area contributed by atoms with Gasteiger partial charge in [-0.2, -0.15) is 4.98 Å². The van der Waals surface area contributed by atoms with Crippen LogP contribution in [-0.2, 0) is 4.79 Å². The molecule has 3 aromatic heterocycles. The van der Waals surface area contributed by atoms with E-state index in [0.29, 0.717) is 34.3 Å². The number of non-ortho nitro benzene ring substituents is 1. The van der Waals surface area contributed by atoms with E-state index in [9.17, 15) is 14.9 Å². The Balaban J connectivity index is 1.55. The summed E-state index contributed by atoms with van der Waals surface area (Å²) in [5, 5.41) is 23.6. The van der Waals surface area contributed by atoms with Crippen molar-refractivity contribution in [3.05, 3.63) is 92.6 Å². The Labute approximate surface area is 191 Å². The lowest BCUT2D eigenvalue weighted by atomic mass is 10.0. The Hall–Kier alpha value is -4.38. The number of nitro benzene ring substituents is 1. The first-order valence-corrected chi connectivity index (χ1v) is 10.8. The van der Waals surface area contributed by atoms with Crippen molar-refractivity contribution in [2.24, 2.45) is 0 Å². The molecule has 0 fully saturated rings. The van der Waals surface area contributed by atoms with Gasteiger partial charge in [0.15, 0.2) is 5.82 Å². The number of nitro groups is 1. The summed E-state index contributed by atoms with van der Waals surface area (Å²) >= 11 is 1.51. The molecule has 1 aromatic carbocycles. The summed E-state index contributed by atoms with van der Waals surface area (Å²) in [5.74, 6) is 0.609. The molecule has 0 radical (unpaired) electrons. The number of benzene rings is 1. The highest BCUT2D eigenvalue weighted by atomic mass is 32.1. The number of nitrogens with one attached hydrogen (secondary N) is 2. The number of carbonyl (C=O) groups excluding carboxylic acids is 1. The number of hydrogen-bond acceptors (Lipinski definition) is 8. The van der Waals surface area contributed by atoms with E-state index in [0.717, 1.165) is 4.88 Å². The van der Waals surface area contributed by atoms with Crippen LogP contribution in [0.4, 0.5) is 17.3 Å². The lowest BCUT2D eigenvalue weighted by Gasteiger charge is -2.27. The molecule has 2 N–H and O–H groups in total. The summed E-state index contributed by atoms with van der Waals surface area (Å²) in [6.45, 7) is 1.82. The van der Waals surface area contributed by atoms with Crippen molar-refractivity contribution in [1.29, 1.82) is 0 Å². The van der Waals surface area contributed by atoms with E-state index in [1.165, 1.54) is 23.5 Å². The lowest BCUT2D eigenvalue weighted by molar-refractivity contribution is -0.384. The summed E-state index contributed by atoms with van der Waals surface area (Å²) < 4.78 is 1.67. The van der Waals surface area contributed by atoms with Gasteiger partial charge in [0.05, 0.1) is 22.4 Å². The Kier molecular flexibility index (Phi) is 5.15. The molecule has 4 heterocycles. The number of hydrogen-bond donors (Lipinski definition) is 2. The minimum absolute atomic E-state index is 0.0100. The number of allylic oxidation sites excluding steroid dienone is 1. The number of nitrogens with zero attached hydrogens (tertiary/aromatic N) is 5. The molecule has 5 rings (SSSR count). The quantitative estimate of drug-likeness (QED) is 0.337. The van der Waals surface area contributed by atoms with Gasteiger partial charge in [-0.1, -0.05) is 6.07 Å². The molecule has 0 saturated carbocycles. The zero-order valence-electron chi connectivity index (χ0n) is 17.3. The van der Waals surface area contributed by atoms with E-state index in [2.05, 4.69) is 25.7 Å². The van der Waals surface area contributed by atoms with Gasteiger partial charge in [-0.3, -0.25) is 19.9 Å². The fraction of sp³-hybridized carbons (Fsp3) is 0.0909. The molecule has 0 bridgehead atoms. The third kappa shape index (κ3) is 3.85. The third-order valence-electron chi connectivity index (χ3n) is 5.17. The van der Waals surface area contributed by atoms with Crippen LogP contribution in [0.15, 0.2) is 77.6 Å². The Morgan fingerprint density at radius 2 is 2.03 bits per heavy atom. The molecular formula is C22H17N7O3S. The van der Waals surface area contributed by atoms with E-state index < -0.39 is 11.0 Å². The minimum Gasteiger partial charge on any atom is -0.328 e. The summed E-state index contributed by atoms with van der Waals surface area (Å²) in [6.07, 6.45) is 3.22. The van der Waals surface area contributed by atoms with Gasteiger partial charge in [0.25, 0.3) is 11.6 Å². The number of anilines is 2. The van der Waals surface area contributed by atoms with Gasteiger partial charge in [-0.15, -0.1) is 16.4 Å². The van der Waals surface area contributed by atoms with E-state index in [1.807, 2.05) is 24.4 Å². The second kappa shape index (κ2) is 8.28. The number of amides is 1. The van der Waals surface area contributed by atoms with Crippen molar-refractivity contribution in [2.45, 2.75) is 13.0 Å². The number of carbonyl (C=O) groups is 1. The molecule has 1 atom stereocenters. The lowest BCUT2D eigenvalue weighted by Crippen LogP contribution is -2.31. The van der Waals surface area contributed by atoms with E-state index in [1.54, 1.807) is 41.3 Å². The summed E-state index contributed by atoms with van der Waals surface area (Å²) in [4.78, 5) is 33.4. The van der Waals surface area contributed by atoms with E-state index in [-0.39, 0.29) is 11.6 Å². The van der Waals surface area contributed by atoms with Gasteiger partial charge in [0.2, 0.25) is 5.95 Å². The average molecular weight is 459 g/mol. The first kappa shape index (κ1) is 20.5. The second-order valence-corrected chi connectivity index (χ2v) is 8.26. The van der Waals surface area contributed by atoms with Crippen LogP contribution < -0.4 is 10.6 Å². The normalized spacial score (nSPS) is 15.0. The smallest absolute Gasteiger partial charge is 0.269 e. The predicted octanol–water partition coefficient (Wildman–Crippen LogP) is 4.24. The predicted molar refractivity (Wildman–Crippen MR) is 124 cm³/mol. The molecule has 10 nitrogen and oxygen atoms in total. The molecule has 1 aliphatic heterocycles. The maximum atomic E-state index is 13.3. The molecule has 4 aromatic rings. The zero-order chi connectivity index (χ0) is 22.9. The van der Waals surface area contributed by atoms with Crippen LogP contribution in [0.5, 0.6) is 0 Å². The van der Waals surface area contributed by atoms with Crippen molar-refractivity contribution < 1.29 is 9.72 Å². The van der Waals surface area contributed by atoms with Crippen LogP contribution in [0.25, 0.3) is 11.4 Å². The number of fused-ring (bicyclic) bond motifs is 1. The van der Waals surface area contributed by atoms with Crippen LogP contribution in [0, 0.1) is 10.1 Å². The average Bonchev–Trinajstić information content (AvgIpc) is 3.49. The molecule has 0 spiro atoms. The van der Waals surface area contributed by atoms with Crippen LogP contribution in [0.3, 0.4) is 0 Å². The number of aromatic nitrogens is 4. The molecular weight excluding hydrogens is 442 g/mol. The highest BCUT2D eigenvalue weighted by molar-refractivity contribution is 7.10. The van der Waals surface area contributed by atoms with Gasteiger partial charge >= 0.3 is 0 Å². The molecule has 164 valence electrons. The molecule has 33 heavy (non-hydrogen) atoms. The molecule has 0 aliphatic carbocycles.